The fraction of sp³-hybridized carbons (Fsp3) is 1.00. The lowest BCUT2D eigenvalue weighted by molar-refractivity contribution is -0.809. The van der Waals surface area contributed by atoms with Crippen molar-refractivity contribution in [2.75, 3.05) is 61.0 Å². The van der Waals surface area contributed by atoms with Crippen molar-refractivity contribution in [1.29, 1.82) is 0 Å². The molecule has 4 bridgehead atoms. The Kier molecular flexibility index (Phi) is 31.9. The standard InChI is InChI=1S/C14H26O17S.C14H24O12S.C14H24O9.2OS/c1-5-8(16)6(3-15)25-14(10(5)28-31-19)27-11-7(4-24-30-18)26-13(23-2)12(9(11)17)29-32(20,21)22;1-5-8(16)6(3-15)23-13(9(5)17)25-10-7-4-22-11(10)12(14(21-2)24-7)26-27(18,19)20;1-5-8(16)6(3-15)21-14(9(5)17)23-11-7-4-20-12(11)10(18)13(19-2)22-7;2*1-2/h5-19H,3-4H2,1-2H3,(H,20,21,22);5-17H,3-4H2,1-2H3,(H,18,19,20);5-18H,3-4H2,1-2H3;;/p-4/t5-,6?,7?,8+,9?,10?,11-,12-,13-,14-;5-,6?,7?,8+,9?,10-,11+,12?,13-,14-;5-,6?,7?,8+,9?,10?,11-,12-,13-,14-;;/m000../s1. The monoisotopic (exact) mass is 1340 g/mol. The lowest BCUT2D eigenvalue weighted by Gasteiger charge is -2.47. The molecule has 0 aromatic rings. The summed E-state index contributed by atoms with van der Waals surface area (Å²) in [5.41, 5.74) is 0. The van der Waals surface area contributed by atoms with E-state index in [9.17, 15) is 87.5 Å². The molecule has 44 heteroatoms. The molecule has 8 fully saturated rings. The number of rotatable bonds is 21. The van der Waals surface area contributed by atoms with Crippen LogP contribution in [0.1, 0.15) is 20.8 Å². The van der Waals surface area contributed by atoms with Crippen LogP contribution < -0.4 is 10.5 Å². The molecule has 506 valence electrons. The highest BCUT2D eigenvalue weighted by molar-refractivity contribution is 7.81. The van der Waals surface area contributed by atoms with Crippen LogP contribution in [0.15, 0.2) is 0 Å². The van der Waals surface area contributed by atoms with E-state index < -0.39 is 231 Å². The van der Waals surface area contributed by atoms with Crippen LogP contribution in [0.2, 0.25) is 0 Å². The maximum Gasteiger partial charge on any atom is 0.218 e. The normalized spacial score (nSPS) is 44.7. The Morgan fingerprint density at radius 2 is 0.837 bits per heavy atom. The molecule has 8 rings (SSSR count). The summed E-state index contributed by atoms with van der Waals surface area (Å²) in [5.74, 6) is -2.11. The highest BCUT2D eigenvalue weighted by Crippen LogP contribution is 2.40. The first-order valence-electron chi connectivity index (χ1n) is 25.5. The second-order valence-electron chi connectivity index (χ2n) is 19.8. The minimum atomic E-state index is -5.35. The van der Waals surface area contributed by atoms with Gasteiger partial charge in [-0.15, -0.1) is 0 Å². The van der Waals surface area contributed by atoms with Crippen molar-refractivity contribution in [3.63, 3.8) is 0 Å². The summed E-state index contributed by atoms with van der Waals surface area (Å²) in [6.07, 6.45) is -31.6. The van der Waals surface area contributed by atoms with Crippen molar-refractivity contribution in [3.05, 3.63) is 0 Å². The van der Waals surface area contributed by atoms with Crippen LogP contribution in [0.3, 0.4) is 0 Å². The Morgan fingerprint density at radius 1 is 0.442 bits per heavy atom. The van der Waals surface area contributed by atoms with Crippen molar-refractivity contribution in [1.82, 2.24) is 0 Å². The van der Waals surface area contributed by atoms with Gasteiger partial charge in [-0.25, -0.2) is 26.6 Å². The zero-order chi connectivity index (χ0) is 64.7. The van der Waals surface area contributed by atoms with Crippen LogP contribution >= 0.6 is 0 Å². The van der Waals surface area contributed by atoms with E-state index in [-0.39, 0.29) is 13.2 Å². The van der Waals surface area contributed by atoms with Gasteiger partial charge in [-0.05, 0) is 0 Å². The number of hydrogen-bond acceptors (Lipinski definition) is 42. The van der Waals surface area contributed by atoms with E-state index in [1.54, 1.807) is 13.8 Å². The molecule has 0 aromatic heterocycles. The van der Waals surface area contributed by atoms with E-state index in [0.29, 0.717) is 0 Å². The Labute approximate surface area is 500 Å². The van der Waals surface area contributed by atoms with E-state index in [1.807, 2.05) is 0 Å². The average Bonchev–Trinajstić information content (AvgIpc) is 1.57. The fourth-order valence-corrected chi connectivity index (χ4v) is 11.2. The van der Waals surface area contributed by atoms with E-state index in [0.717, 1.165) is 7.11 Å². The van der Waals surface area contributed by atoms with Crippen LogP contribution in [0.5, 0.6) is 0 Å². The summed E-state index contributed by atoms with van der Waals surface area (Å²) in [7, 11) is -6.71. The molecule has 0 aromatic carbocycles. The summed E-state index contributed by atoms with van der Waals surface area (Å²) in [4.78, 5) is 8.79. The number of hydrogen-bond donors (Lipinski definition) is 10. The Bertz CT molecular complexity index is 2180. The molecular weight excluding hydrogens is 1270 g/mol. The first-order chi connectivity index (χ1) is 40.7. The third-order valence-electron chi connectivity index (χ3n) is 14.8. The minimum absolute atomic E-state index is 0.0123. The van der Waals surface area contributed by atoms with Crippen molar-refractivity contribution in [3.8, 4) is 0 Å². The molecule has 86 heavy (non-hydrogen) atoms. The average molecular weight is 1340 g/mol. The van der Waals surface area contributed by atoms with E-state index in [2.05, 4.69) is 53.3 Å². The molecule has 8 aliphatic rings. The maximum atomic E-state index is 11.1. The molecule has 30 atom stereocenters. The smallest absolute Gasteiger partial charge is 0.218 e. The number of fused-ring (bicyclic) bond motifs is 4. The van der Waals surface area contributed by atoms with Gasteiger partial charge >= 0.3 is 0 Å². The van der Waals surface area contributed by atoms with E-state index in [4.69, 9.17) is 74.7 Å². The SMILES string of the molecule is CO[C@H]1OC(COO[O-])[C@H](O[C@@H]2OC(CO)[C@H](O)[C@H](C)C2OO[O-])C(O)[C@@H]1OS(=O)(=O)[O-].CO[C@H]1OC2CO[C@@H](C1O)[C@H]2O[C@@H]1OC(CO)[C@H](O)[C@H](C)C1O.CO[C@H]1OC2CO[C@@H](C1OS(=O)(=O)[O-])[C@H]2O[C@@H]1OC(CO)[C@H](O)[C@H](C)C1O.O=S.O=S. The summed E-state index contributed by atoms with van der Waals surface area (Å²) >= 11 is 5.67. The zero-order valence-corrected chi connectivity index (χ0v) is 49.2. The maximum absolute atomic E-state index is 11.1. The molecule has 8 aliphatic heterocycles. The van der Waals surface area contributed by atoms with Crippen LogP contribution in [-0.2, 0) is 140 Å². The first kappa shape index (κ1) is 77.0. The number of aliphatic hydroxyl groups excluding tert-OH is 10. The summed E-state index contributed by atoms with van der Waals surface area (Å²) in [6.45, 7) is 2.61. The molecule has 0 radical (unpaired) electrons. The third-order valence-corrected chi connectivity index (χ3v) is 15.8. The van der Waals surface area contributed by atoms with Gasteiger partial charge in [0, 0.05) is 39.1 Å². The Morgan fingerprint density at radius 3 is 1.28 bits per heavy atom. The van der Waals surface area contributed by atoms with Gasteiger partial charge in [-0.2, -0.15) is 8.42 Å². The van der Waals surface area contributed by atoms with Gasteiger partial charge in [-0.3, -0.25) is 18.4 Å². The van der Waals surface area contributed by atoms with Crippen molar-refractivity contribution < 1.29 is 190 Å². The van der Waals surface area contributed by atoms with Gasteiger partial charge in [0.1, 0.15) is 104 Å². The second-order valence-corrected chi connectivity index (χ2v) is 21.9. The van der Waals surface area contributed by atoms with Gasteiger partial charge in [0.15, 0.2) is 75.0 Å². The van der Waals surface area contributed by atoms with E-state index >= 15 is 0 Å². The van der Waals surface area contributed by atoms with Crippen molar-refractivity contribution in [2.45, 2.75) is 187 Å². The predicted molar refractivity (Wildman–Crippen MR) is 256 cm³/mol. The van der Waals surface area contributed by atoms with Crippen LogP contribution in [0.25, 0.3) is 0 Å². The van der Waals surface area contributed by atoms with Gasteiger partial charge < -0.3 is 137 Å². The number of ether oxygens (including phenoxy) is 14. The quantitative estimate of drug-likeness (QED) is 0.0221. The molecular formula is C42H70O40S4-4. The van der Waals surface area contributed by atoms with Crippen LogP contribution in [0.4, 0.5) is 0 Å². The van der Waals surface area contributed by atoms with Gasteiger partial charge in [0.2, 0.25) is 20.8 Å². The van der Waals surface area contributed by atoms with Gasteiger partial charge in [0.05, 0.1) is 51.3 Å². The fourth-order valence-electron chi connectivity index (χ4n) is 10.3. The highest BCUT2D eigenvalue weighted by Gasteiger charge is 2.58. The predicted octanol–water partition coefficient (Wildman–Crippen LogP) is -11.6. The molecule has 0 aliphatic carbocycles. The highest BCUT2D eigenvalue weighted by atomic mass is 32.3. The molecule has 40 nitrogen and oxygen atoms in total. The molecule has 0 spiro atoms. The lowest BCUT2D eigenvalue weighted by atomic mass is 9.90. The largest absolute Gasteiger partial charge is 0.726 e. The molecule has 12 unspecified atom stereocenters. The Balaban J connectivity index is 0.000000271. The molecule has 0 saturated carbocycles. The first-order valence-corrected chi connectivity index (χ1v) is 28.8. The number of methoxy groups -OCH3 is 3. The lowest BCUT2D eigenvalue weighted by Crippen LogP contribution is -2.64. The second kappa shape index (κ2) is 35.6. The zero-order valence-electron chi connectivity index (χ0n) is 45.9. The van der Waals surface area contributed by atoms with Gasteiger partial charge in [-0.1, -0.05) is 20.8 Å². The van der Waals surface area contributed by atoms with E-state index in [1.165, 1.54) is 21.1 Å². The van der Waals surface area contributed by atoms with Crippen molar-refractivity contribution in [2.24, 2.45) is 17.8 Å². The topological polar surface area (TPSA) is 582 Å². The Hall–Kier alpha value is -1.42. The molecule has 8 saturated heterocycles. The molecule has 0 amide bonds. The van der Waals surface area contributed by atoms with Crippen LogP contribution in [-0.4, -0.2) is 312 Å². The molecule has 10 N–H and O–H groups in total. The minimum Gasteiger partial charge on any atom is -0.726 e. The van der Waals surface area contributed by atoms with Crippen molar-refractivity contribution >= 4 is 45.9 Å². The number of aliphatic hydroxyl groups is 10. The van der Waals surface area contributed by atoms with Gasteiger partial charge in [0.25, 0.3) is 0 Å². The third kappa shape index (κ3) is 19.1. The summed E-state index contributed by atoms with van der Waals surface area (Å²) < 4.78 is 167. The molecule has 8 heterocycles. The van der Waals surface area contributed by atoms with Crippen LogP contribution in [0, 0.1) is 17.8 Å². The summed E-state index contributed by atoms with van der Waals surface area (Å²) in [5, 5.41) is 127. The summed E-state index contributed by atoms with van der Waals surface area (Å²) in [6, 6.07) is 0.